The molecule has 1 fully saturated rings. The third kappa shape index (κ3) is 38.8. The van der Waals surface area contributed by atoms with Gasteiger partial charge in [-0.05, 0) is 116 Å². The summed E-state index contributed by atoms with van der Waals surface area (Å²) < 4.78 is 28.3. The Kier molecular flexibility index (Phi) is 44.4. The van der Waals surface area contributed by atoms with Gasteiger partial charge in [-0.3, -0.25) is 14.4 Å². The SMILES string of the molecule is CC/C=C\C/C=C\C/C=C\C/C=C\CCCCC(=O)OCC(COC1OC(C(=O)O)C(O)C(O)C1OC(=O)CCCCCCC/C=C\CCCCCCCC)OC(=O)CCCCC/C=C\C/C=C\C/C=C\CC. The van der Waals surface area contributed by atoms with Crippen molar-refractivity contribution >= 4 is 23.9 Å². The molecule has 1 aliphatic rings. The molecule has 6 atom stereocenters. The summed E-state index contributed by atoms with van der Waals surface area (Å²) in [5, 5.41) is 31.4. The average Bonchev–Trinajstić information content (AvgIpc) is 3.37. The summed E-state index contributed by atoms with van der Waals surface area (Å²) in [5.74, 6) is -3.24. The molecule has 0 radical (unpaired) electrons. The van der Waals surface area contributed by atoms with Gasteiger partial charge in [-0.1, -0.05) is 176 Å². The first-order chi connectivity index (χ1) is 35.6. The summed E-state index contributed by atoms with van der Waals surface area (Å²) in [6.45, 7) is 5.67. The van der Waals surface area contributed by atoms with Gasteiger partial charge in [0.2, 0.25) is 0 Å². The molecule has 1 aliphatic heterocycles. The number of aliphatic carboxylic acids is 1. The number of allylic oxidation sites excluding steroid dienone is 16. The number of hydrogen-bond acceptors (Lipinski definition) is 11. The molecule has 414 valence electrons. The molecule has 0 amide bonds. The van der Waals surface area contributed by atoms with Gasteiger partial charge in [-0.15, -0.1) is 0 Å². The third-order valence-electron chi connectivity index (χ3n) is 12.1. The first-order valence-corrected chi connectivity index (χ1v) is 28.2. The molecule has 6 unspecified atom stereocenters. The minimum atomic E-state index is -1.92. The number of aliphatic hydroxyl groups excluding tert-OH is 2. The van der Waals surface area contributed by atoms with Crippen LogP contribution in [0.1, 0.15) is 213 Å². The number of unbranched alkanes of at least 4 members (excludes halogenated alkanes) is 16. The summed E-state index contributed by atoms with van der Waals surface area (Å²) in [6.07, 6.45) is 51.0. The van der Waals surface area contributed by atoms with Crippen molar-refractivity contribution in [3.8, 4) is 0 Å². The third-order valence-corrected chi connectivity index (χ3v) is 12.1. The molecule has 1 saturated heterocycles. The average molecular weight is 1020 g/mol. The smallest absolute Gasteiger partial charge is 0.335 e. The Morgan fingerprint density at radius 1 is 0.466 bits per heavy atom. The van der Waals surface area contributed by atoms with Crippen LogP contribution in [0.3, 0.4) is 0 Å². The highest BCUT2D eigenvalue weighted by molar-refractivity contribution is 5.74. The van der Waals surface area contributed by atoms with Crippen molar-refractivity contribution in [2.24, 2.45) is 0 Å². The van der Waals surface area contributed by atoms with Crippen LogP contribution in [-0.4, -0.2) is 89.2 Å². The first kappa shape index (κ1) is 66.7. The molecule has 0 saturated carbocycles. The lowest BCUT2D eigenvalue weighted by atomic mass is 9.98. The topological polar surface area (TPSA) is 175 Å². The Morgan fingerprint density at radius 3 is 1.37 bits per heavy atom. The van der Waals surface area contributed by atoms with Crippen LogP contribution in [0.2, 0.25) is 0 Å². The number of esters is 3. The molecule has 1 rings (SSSR count). The van der Waals surface area contributed by atoms with Gasteiger partial charge < -0.3 is 39.0 Å². The van der Waals surface area contributed by atoms with Crippen LogP contribution in [0, 0.1) is 0 Å². The number of carboxylic acid groups (broad SMARTS) is 1. The van der Waals surface area contributed by atoms with E-state index in [4.69, 9.17) is 23.7 Å². The zero-order chi connectivity index (χ0) is 53.3. The summed E-state index contributed by atoms with van der Waals surface area (Å²) >= 11 is 0. The van der Waals surface area contributed by atoms with Crippen LogP contribution in [0.15, 0.2) is 97.2 Å². The standard InChI is InChI=1S/C61H98O12/c1-4-7-10-13-16-19-22-25-27-30-32-35-38-41-44-47-53(62)69-50-52(71-54(63)48-45-42-39-36-33-29-24-21-18-15-12-9-6-3)51-70-61-59(57(66)56(65)58(73-61)60(67)68)72-55(64)49-46-43-40-37-34-31-28-26-23-20-17-14-11-8-5-2/h7,9-10,12,16,18-19,21,25-29,32-33,35,52,56-59,61,65-66H,4-6,8,11,13-15,17,20,22-24,30-31,34,36-51H2,1-3H3,(H,67,68)/b10-7-,12-9-,19-16-,21-18-,27-25-,28-26-,33-29-,35-32-. The monoisotopic (exact) mass is 1020 g/mol. The summed E-state index contributed by atoms with van der Waals surface area (Å²) in [6, 6.07) is 0. The molecule has 12 nitrogen and oxygen atoms in total. The lowest BCUT2D eigenvalue weighted by Crippen LogP contribution is -2.61. The quantitative estimate of drug-likeness (QED) is 0.0228. The second-order valence-electron chi connectivity index (χ2n) is 18.8. The Bertz CT molecular complexity index is 1640. The van der Waals surface area contributed by atoms with Crippen LogP contribution in [0.5, 0.6) is 0 Å². The molecule has 0 spiro atoms. The Balaban J connectivity index is 2.76. The fraction of sp³-hybridized carbons (Fsp3) is 0.672. The van der Waals surface area contributed by atoms with Crippen molar-refractivity contribution in [1.82, 2.24) is 0 Å². The van der Waals surface area contributed by atoms with Gasteiger partial charge in [-0.25, -0.2) is 4.79 Å². The van der Waals surface area contributed by atoms with Gasteiger partial charge in [-0.2, -0.15) is 0 Å². The van der Waals surface area contributed by atoms with E-state index in [1.54, 1.807) is 0 Å². The van der Waals surface area contributed by atoms with E-state index in [-0.39, 0.29) is 25.9 Å². The number of ether oxygens (including phenoxy) is 5. The van der Waals surface area contributed by atoms with Crippen LogP contribution < -0.4 is 0 Å². The minimum Gasteiger partial charge on any atom is -0.479 e. The maximum absolute atomic E-state index is 13.1. The number of aliphatic hydroxyl groups is 2. The lowest BCUT2D eigenvalue weighted by molar-refractivity contribution is -0.301. The zero-order valence-corrected chi connectivity index (χ0v) is 45.3. The molecule has 1 heterocycles. The van der Waals surface area contributed by atoms with E-state index in [9.17, 15) is 34.5 Å². The van der Waals surface area contributed by atoms with E-state index in [0.29, 0.717) is 19.3 Å². The largest absolute Gasteiger partial charge is 0.479 e. The molecule has 0 aromatic carbocycles. The highest BCUT2D eigenvalue weighted by atomic mass is 16.7. The number of carbonyl (C=O) groups is 4. The first-order valence-electron chi connectivity index (χ1n) is 28.2. The molecule has 0 aliphatic carbocycles. The lowest BCUT2D eigenvalue weighted by Gasteiger charge is -2.40. The predicted octanol–water partition coefficient (Wildman–Crippen LogP) is 14.1. The number of carbonyl (C=O) groups excluding carboxylic acids is 3. The maximum Gasteiger partial charge on any atom is 0.335 e. The van der Waals surface area contributed by atoms with Crippen molar-refractivity contribution in [1.29, 1.82) is 0 Å². The van der Waals surface area contributed by atoms with Gasteiger partial charge in [0.15, 0.2) is 24.6 Å². The Morgan fingerprint density at radius 2 is 0.863 bits per heavy atom. The van der Waals surface area contributed by atoms with Crippen molar-refractivity contribution in [2.45, 2.75) is 250 Å². The number of carboxylic acids is 1. The molecule has 12 heteroatoms. The van der Waals surface area contributed by atoms with E-state index in [2.05, 4.69) is 118 Å². The molecule has 0 aromatic heterocycles. The Labute approximate surface area is 441 Å². The predicted molar refractivity (Wildman–Crippen MR) is 294 cm³/mol. The zero-order valence-electron chi connectivity index (χ0n) is 45.3. The maximum atomic E-state index is 13.1. The van der Waals surface area contributed by atoms with E-state index in [1.165, 1.54) is 38.5 Å². The van der Waals surface area contributed by atoms with Gasteiger partial charge in [0.25, 0.3) is 0 Å². The van der Waals surface area contributed by atoms with Gasteiger partial charge in [0.1, 0.15) is 18.8 Å². The number of hydrogen-bond donors (Lipinski definition) is 3. The number of rotatable bonds is 46. The second-order valence-corrected chi connectivity index (χ2v) is 18.8. The van der Waals surface area contributed by atoms with E-state index < -0.39 is 67.3 Å². The minimum absolute atomic E-state index is 0.0387. The molecule has 73 heavy (non-hydrogen) atoms. The molecule has 0 aromatic rings. The fourth-order valence-electron chi connectivity index (χ4n) is 7.84. The molecular formula is C61H98O12. The highest BCUT2D eigenvalue weighted by Crippen LogP contribution is 2.26. The van der Waals surface area contributed by atoms with Crippen LogP contribution in [0.25, 0.3) is 0 Å². The van der Waals surface area contributed by atoms with Crippen LogP contribution >= 0.6 is 0 Å². The Hall–Kier alpha value is -4.36. The van der Waals surface area contributed by atoms with E-state index in [1.807, 2.05) is 0 Å². The van der Waals surface area contributed by atoms with Crippen molar-refractivity contribution in [2.75, 3.05) is 13.2 Å². The fourth-order valence-corrected chi connectivity index (χ4v) is 7.84. The molecule has 3 N–H and O–H groups in total. The second kappa shape index (κ2) is 48.6. The summed E-state index contributed by atoms with van der Waals surface area (Å²) in [4.78, 5) is 51.0. The van der Waals surface area contributed by atoms with Crippen LogP contribution in [-0.2, 0) is 42.9 Å². The highest BCUT2D eigenvalue weighted by Gasteiger charge is 2.50. The van der Waals surface area contributed by atoms with E-state index in [0.717, 1.165) is 116 Å². The summed E-state index contributed by atoms with van der Waals surface area (Å²) in [7, 11) is 0. The van der Waals surface area contributed by atoms with Gasteiger partial charge >= 0.3 is 23.9 Å². The van der Waals surface area contributed by atoms with E-state index >= 15 is 0 Å². The van der Waals surface area contributed by atoms with Crippen LogP contribution in [0.4, 0.5) is 0 Å². The van der Waals surface area contributed by atoms with Crippen molar-refractivity contribution in [3.05, 3.63) is 97.2 Å². The molecular weight excluding hydrogens is 925 g/mol. The van der Waals surface area contributed by atoms with Crippen molar-refractivity contribution < 1.29 is 58.2 Å². The summed E-state index contributed by atoms with van der Waals surface area (Å²) in [5.41, 5.74) is 0. The van der Waals surface area contributed by atoms with Gasteiger partial charge in [0, 0.05) is 19.3 Å². The normalized spacial score (nSPS) is 19.1. The molecule has 0 bridgehead atoms. The van der Waals surface area contributed by atoms with Gasteiger partial charge in [0.05, 0.1) is 6.61 Å². The van der Waals surface area contributed by atoms with Crippen molar-refractivity contribution in [3.63, 3.8) is 0 Å².